The lowest BCUT2D eigenvalue weighted by molar-refractivity contribution is -0.145. The van der Waals surface area contributed by atoms with Crippen LogP contribution >= 0.6 is 11.6 Å². The molecule has 1 fully saturated rings. The van der Waals surface area contributed by atoms with Gasteiger partial charge < -0.3 is 35.7 Å². The highest BCUT2D eigenvalue weighted by atomic mass is 35.5. The van der Waals surface area contributed by atoms with Gasteiger partial charge in [0.15, 0.2) is 0 Å². The molecule has 1 atom stereocenters. The summed E-state index contributed by atoms with van der Waals surface area (Å²) in [7, 11) is 1.51. The minimum absolute atomic E-state index is 0.0810. The summed E-state index contributed by atoms with van der Waals surface area (Å²) >= 11 is 6.53. The molecular weight excluding hydrogens is 634 g/mol. The number of fused-ring (bicyclic) bond motifs is 1. The highest BCUT2D eigenvalue weighted by Crippen LogP contribution is 2.40. The number of rotatable bonds is 14. The molecule has 1 unspecified atom stereocenters. The molecule has 1 saturated carbocycles. The first-order valence-corrected chi connectivity index (χ1v) is 16.7. The summed E-state index contributed by atoms with van der Waals surface area (Å²) in [5.41, 5.74) is 2.65. The number of carboxylic acid groups (broad SMARTS) is 1. The number of hydrogen-bond acceptors (Lipinski definition) is 7. The number of aryl methyl sites for hydroxylation is 1. The molecule has 0 radical (unpaired) electrons. The third-order valence-corrected chi connectivity index (χ3v) is 9.62. The molecule has 1 aliphatic carbocycles. The normalized spacial score (nSPS) is 14.8. The standard InChI is InChI=1S/C37H42ClN3O7/c1-48-32-20-28(29(38)19-24(32)21-39-22-31(43)26-11-13-30(42)34-27(26)12-14-33(44)41-34)35(45)40-17-6-3-8-23-9-7-10-25(18-23)37(36(46)47)15-4-2-5-16-37/h7,9-14,18-20,31,39,42-43H,2-6,8,15-17,21-22H2,1H3,(H,40,45)(H,41,44)(H,46,47). The van der Waals surface area contributed by atoms with Crippen molar-refractivity contribution in [3.05, 3.63) is 104 Å². The molecule has 3 aromatic carbocycles. The van der Waals surface area contributed by atoms with Crippen molar-refractivity contribution in [1.29, 1.82) is 0 Å². The molecule has 0 saturated heterocycles. The van der Waals surface area contributed by atoms with Gasteiger partial charge in [0.1, 0.15) is 11.5 Å². The Bertz CT molecular complexity index is 1830. The second kappa shape index (κ2) is 15.7. The number of pyridine rings is 1. The number of H-pyrrole nitrogens is 1. The van der Waals surface area contributed by atoms with Gasteiger partial charge >= 0.3 is 5.97 Å². The van der Waals surface area contributed by atoms with E-state index in [-0.39, 0.29) is 34.3 Å². The first-order valence-electron chi connectivity index (χ1n) is 16.3. The van der Waals surface area contributed by atoms with Crippen LogP contribution in [-0.4, -0.2) is 52.4 Å². The van der Waals surface area contributed by atoms with Crippen molar-refractivity contribution < 1.29 is 29.6 Å². The van der Waals surface area contributed by atoms with Gasteiger partial charge in [-0.2, -0.15) is 0 Å². The maximum atomic E-state index is 13.0. The smallest absolute Gasteiger partial charge is 0.314 e. The molecule has 1 aromatic heterocycles. The number of phenolic OH excluding ortho intramolecular Hbond substituents is 1. The Kier molecular flexibility index (Phi) is 11.4. The van der Waals surface area contributed by atoms with E-state index in [1.165, 1.54) is 19.2 Å². The van der Waals surface area contributed by atoms with Gasteiger partial charge in [-0.15, -0.1) is 0 Å². The van der Waals surface area contributed by atoms with E-state index < -0.39 is 17.5 Å². The van der Waals surface area contributed by atoms with E-state index in [1.54, 1.807) is 24.3 Å². The first kappa shape index (κ1) is 34.9. The minimum atomic E-state index is -0.937. The number of aliphatic hydroxyl groups excluding tert-OH is 1. The van der Waals surface area contributed by atoms with Gasteiger partial charge in [0.25, 0.3) is 5.91 Å². The summed E-state index contributed by atoms with van der Waals surface area (Å²) < 4.78 is 5.54. The van der Waals surface area contributed by atoms with Crippen LogP contribution in [-0.2, 0) is 23.2 Å². The van der Waals surface area contributed by atoms with Crippen LogP contribution in [0.3, 0.4) is 0 Å². The van der Waals surface area contributed by atoms with Crippen LogP contribution in [0.25, 0.3) is 10.9 Å². The number of benzene rings is 3. The minimum Gasteiger partial charge on any atom is -0.506 e. The van der Waals surface area contributed by atoms with Gasteiger partial charge in [0.2, 0.25) is 5.56 Å². The van der Waals surface area contributed by atoms with Crippen LogP contribution in [0, 0.1) is 0 Å². The molecule has 6 N–H and O–H groups in total. The maximum absolute atomic E-state index is 13.0. The van der Waals surface area contributed by atoms with Gasteiger partial charge in [-0.3, -0.25) is 14.4 Å². The van der Waals surface area contributed by atoms with Crippen molar-refractivity contribution in [1.82, 2.24) is 15.6 Å². The Morgan fingerprint density at radius 3 is 2.58 bits per heavy atom. The molecule has 1 amide bonds. The lowest BCUT2D eigenvalue weighted by atomic mass is 9.69. The number of carboxylic acids is 1. The molecule has 1 heterocycles. The van der Waals surface area contributed by atoms with E-state index in [9.17, 15) is 29.7 Å². The van der Waals surface area contributed by atoms with E-state index in [4.69, 9.17) is 16.3 Å². The number of aromatic nitrogens is 1. The van der Waals surface area contributed by atoms with Crippen LogP contribution in [0.5, 0.6) is 11.5 Å². The number of aromatic hydroxyl groups is 1. The van der Waals surface area contributed by atoms with Crippen molar-refractivity contribution in [3.8, 4) is 11.5 Å². The number of phenols is 1. The second-order valence-electron chi connectivity index (χ2n) is 12.4. The summed E-state index contributed by atoms with van der Waals surface area (Å²) in [6, 6.07) is 17.2. The Balaban J connectivity index is 1.12. The number of halogens is 1. The number of methoxy groups -OCH3 is 1. The van der Waals surface area contributed by atoms with Crippen molar-refractivity contribution in [3.63, 3.8) is 0 Å². The zero-order valence-corrected chi connectivity index (χ0v) is 27.7. The van der Waals surface area contributed by atoms with E-state index in [1.807, 2.05) is 24.3 Å². The first-order chi connectivity index (χ1) is 23.1. The van der Waals surface area contributed by atoms with E-state index in [2.05, 4.69) is 15.6 Å². The monoisotopic (exact) mass is 675 g/mol. The fraction of sp³-hybridized carbons (Fsp3) is 0.378. The molecule has 1 aliphatic rings. The number of aromatic amines is 1. The fourth-order valence-corrected chi connectivity index (χ4v) is 6.93. The van der Waals surface area contributed by atoms with E-state index in [0.29, 0.717) is 53.8 Å². The van der Waals surface area contributed by atoms with E-state index in [0.717, 1.165) is 49.7 Å². The van der Waals surface area contributed by atoms with Gasteiger partial charge in [-0.05, 0) is 73.1 Å². The molecule has 4 aromatic rings. The van der Waals surface area contributed by atoms with Gasteiger partial charge in [0.05, 0.1) is 34.7 Å². The molecule has 254 valence electrons. The SMILES string of the molecule is COc1cc(C(=O)NCCCCc2cccc(C3(C(=O)O)CCCCC3)c2)c(Cl)cc1CNCC(O)c1ccc(O)c2[nH]c(=O)ccc12. The zero-order chi connectivity index (χ0) is 34.3. The van der Waals surface area contributed by atoms with Crippen LogP contribution in [0.4, 0.5) is 0 Å². The highest BCUT2D eigenvalue weighted by molar-refractivity contribution is 6.34. The Morgan fingerprint density at radius 1 is 1.04 bits per heavy atom. The van der Waals surface area contributed by atoms with Crippen molar-refractivity contribution in [2.24, 2.45) is 0 Å². The maximum Gasteiger partial charge on any atom is 0.314 e. The number of unbranched alkanes of at least 4 members (excludes halogenated alkanes) is 1. The van der Waals surface area contributed by atoms with E-state index >= 15 is 0 Å². The van der Waals surface area contributed by atoms with Gasteiger partial charge in [0, 0.05) is 36.7 Å². The second-order valence-corrected chi connectivity index (χ2v) is 12.8. The third kappa shape index (κ3) is 7.84. The van der Waals surface area contributed by atoms with Crippen molar-refractivity contribution in [2.45, 2.75) is 69.4 Å². The largest absolute Gasteiger partial charge is 0.506 e. The summed E-state index contributed by atoms with van der Waals surface area (Å²) in [4.78, 5) is 39.5. The number of amides is 1. The summed E-state index contributed by atoms with van der Waals surface area (Å²) in [5.74, 6) is -0.660. The number of hydrogen-bond donors (Lipinski definition) is 6. The number of carbonyl (C=O) groups excluding carboxylic acids is 1. The molecule has 10 nitrogen and oxygen atoms in total. The molecular formula is C37H42ClN3O7. The average molecular weight is 676 g/mol. The van der Waals surface area contributed by atoms with Gasteiger partial charge in [-0.25, -0.2) is 0 Å². The Hall–Kier alpha value is -4.38. The number of nitrogens with one attached hydrogen (secondary N) is 3. The number of carbonyl (C=O) groups is 2. The Labute approximate surface area is 284 Å². The van der Waals surface area contributed by atoms with Crippen molar-refractivity contribution in [2.75, 3.05) is 20.2 Å². The fourth-order valence-electron chi connectivity index (χ4n) is 6.66. The molecule has 5 rings (SSSR count). The topological polar surface area (TPSA) is 161 Å². The predicted octanol–water partition coefficient (Wildman–Crippen LogP) is 5.76. The lowest BCUT2D eigenvalue weighted by Gasteiger charge is -2.34. The van der Waals surface area contributed by atoms with Crippen LogP contribution < -0.4 is 20.9 Å². The Morgan fingerprint density at radius 2 is 1.83 bits per heavy atom. The quantitative estimate of drug-likeness (QED) is 0.0920. The predicted molar refractivity (Wildman–Crippen MR) is 185 cm³/mol. The van der Waals surface area contributed by atoms with Crippen LogP contribution in [0.15, 0.2) is 65.5 Å². The molecule has 48 heavy (non-hydrogen) atoms. The number of aliphatic hydroxyl groups is 1. The highest BCUT2D eigenvalue weighted by Gasteiger charge is 2.41. The van der Waals surface area contributed by atoms with Crippen LogP contribution in [0.2, 0.25) is 5.02 Å². The lowest BCUT2D eigenvalue weighted by Crippen LogP contribution is -2.37. The summed E-state index contributed by atoms with van der Waals surface area (Å²) in [5, 5.41) is 38.0. The van der Waals surface area contributed by atoms with Crippen LogP contribution in [0.1, 0.15) is 83.7 Å². The molecule has 0 spiro atoms. The molecule has 11 heteroatoms. The summed E-state index contributed by atoms with van der Waals surface area (Å²) in [6.07, 6.45) is 5.71. The summed E-state index contributed by atoms with van der Waals surface area (Å²) in [6.45, 7) is 0.910. The third-order valence-electron chi connectivity index (χ3n) is 9.31. The zero-order valence-electron chi connectivity index (χ0n) is 27.0. The average Bonchev–Trinajstić information content (AvgIpc) is 3.08. The molecule has 0 aliphatic heterocycles. The number of aliphatic carboxylic acids is 1. The number of ether oxygens (including phenoxy) is 1. The molecule has 0 bridgehead atoms. The van der Waals surface area contributed by atoms with Crippen molar-refractivity contribution >= 4 is 34.4 Å². The van der Waals surface area contributed by atoms with Gasteiger partial charge in [-0.1, -0.05) is 61.2 Å².